The van der Waals surface area contributed by atoms with Crippen LogP contribution in [0.1, 0.15) is 28.9 Å². The number of nitrogens with zero attached hydrogens (tertiary/aromatic N) is 2. The van der Waals surface area contributed by atoms with E-state index in [0.717, 1.165) is 11.3 Å². The molecular weight excluding hydrogens is 220 g/mol. The van der Waals surface area contributed by atoms with Crippen LogP contribution in [-0.4, -0.2) is 14.7 Å². The zero-order valence-electron chi connectivity index (χ0n) is 8.65. The van der Waals surface area contributed by atoms with Gasteiger partial charge in [0.15, 0.2) is 0 Å². The van der Waals surface area contributed by atoms with E-state index in [-0.39, 0.29) is 0 Å². The van der Waals surface area contributed by atoms with Crippen LogP contribution in [0.2, 0.25) is 0 Å². The van der Waals surface area contributed by atoms with Gasteiger partial charge >= 0.3 is 0 Å². The molecule has 0 saturated heterocycles. The van der Waals surface area contributed by atoms with Gasteiger partial charge in [-0.1, -0.05) is 34.8 Å². The first-order valence-electron chi connectivity index (χ1n) is 5.36. The van der Waals surface area contributed by atoms with Gasteiger partial charge in [0.05, 0.1) is 17.2 Å². The van der Waals surface area contributed by atoms with Crippen LogP contribution in [0.3, 0.4) is 0 Å². The highest BCUT2D eigenvalue weighted by Gasteiger charge is 2.44. The molecule has 3 unspecified atom stereocenters. The molecule has 3 atom stereocenters. The number of hydrogen-bond donors (Lipinski definition) is 1. The van der Waals surface area contributed by atoms with Crippen molar-refractivity contribution in [1.82, 2.24) is 9.59 Å². The summed E-state index contributed by atoms with van der Waals surface area (Å²) in [6.07, 6.45) is 2.32. The minimum Gasteiger partial charge on any atom is -0.387 e. The van der Waals surface area contributed by atoms with E-state index in [9.17, 15) is 5.11 Å². The Hall–Kier alpha value is -1.26. The Bertz CT molecular complexity index is 457. The van der Waals surface area contributed by atoms with Gasteiger partial charge in [0.25, 0.3) is 0 Å². The van der Waals surface area contributed by atoms with Crippen LogP contribution < -0.4 is 0 Å². The minimum atomic E-state index is -0.398. The van der Waals surface area contributed by atoms with Crippen LogP contribution in [0, 0.1) is 5.92 Å². The van der Waals surface area contributed by atoms with E-state index in [2.05, 4.69) is 21.7 Å². The Morgan fingerprint density at radius 1 is 1.31 bits per heavy atom. The second-order valence-corrected chi connectivity index (χ2v) is 5.00. The lowest BCUT2D eigenvalue weighted by Gasteiger charge is -2.06. The van der Waals surface area contributed by atoms with Crippen LogP contribution in [0.4, 0.5) is 0 Å². The summed E-state index contributed by atoms with van der Waals surface area (Å²) >= 11 is 1.29. The minimum absolute atomic E-state index is 0.338. The average molecular weight is 232 g/mol. The smallest absolute Gasteiger partial charge is 0.0948 e. The second kappa shape index (κ2) is 3.96. The van der Waals surface area contributed by atoms with Gasteiger partial charge in [-0.3, -0.25) is 0 Å². The van der Waals surface area contributed by atoms with E-state index in [4.69, 9.17) is 0 Å². The van der Waals surface area contributed by atoms with E-state index < -0.39 is 6.10 Å². The van der Waals surface area contributed by atoms with Gasteiger partial charge in [0.1, 0.15) is 0 Å². The first-order valence-corrected chi connectivity index (χ1v) is 6.14. The maximum atomic E-state index is 10.1. The summed E-state index contributed by atoms with van der Waals surface area (Å²) in [5, 5.41) is 13.9. The molecule has 2 aromatic rings. The molecular formula is C12H12N2OS. The van der Waals surface area contributed by atoms with E-state index in [1.165, 1.54) is 17.1 Å². The molecule has 1 fully saturated rings. The molecule has 1 aliphatic carbocycles. The molecule has 4 heteroatoms. The maximum absolute atomic E-state index is 10.1. The first-order chi connectivity index (χ1) is 7.86. The largest absolute Gasteiger partial charge is 0.387 e. The molecule has 82 valence electrons. The molecule has 1 aromatic heterocycles. The number of rotatable bonds is 3. The van der Waals surface area contributed by atoms with Crippen molar-refractivity contribution in [2.75, 3.05) is 0 Å². The molecule has 3 nitrogen and oxygen atoms in total. The summed E-state index contributed by atoms with van der Waals surface area (Å²) < 4.78 is 3.78. The normalized spacial score (nSPS) is 25.3. The molecule has 1 saturated carbocycles. The fourth-order valence-corrected chi connectivity index (χ4v) is 2.73. The van der Waals surface area contributed by atoms with Crippen LogP contribution >= 0.6 is 11.5 Å². The summed E-state index contributed by atoms with van der Waals surface area (Å²) in [4.78, 5) is 0.878. The molecule has 1 aliphatic rings. The van der Waals surface area contributed by atoms with Crippen molar-refractivity contribution >= 4 is 11.5 Å². The summed E-state index contributed by atoms with van der Waals surface area (Å²) in [5.41, 5.74) is 1.32. The molecule has 0 aliphatic heterocycles. The van der Waals surface area contributed by atoms with E-state index in [1.54, 1.807) is 6.20 Å². The topological polar surface area (TPSA) is 46.0 Å². The quantitative estimate of drug-likeness (QED) is 0.883. The summed E-state index contributed by atoms with van der Waals surface area (Å²) in [7, 11) is 0. The Labute approximate surface area is 97.9 Å². The van der Waals surface area contributed by atoms with Crippen molar-refractivity contribution in [3.8, 4) is 0 Å². The Kier molecular flexibility index (Phi) is 2.46. The van der Waals surface area contributed by atoms with E-state index in [0.29, 0.717) is 11.8 Å². The zero-order valence-corrected chi connectivity index (χ0v) is 9.47. The Balaban J connectivity index is 1.73. The van der Waals surface area contributed by atoms with E-state index >= 15 is 0 Å². The molecule has 1 N–H and O–H groups in total. The molecule has 0 radical (unpaired) electrons. The molecule has 3 rings (SSSR count). The van der Waals surface area contributed by atoms with Crippen LogP contribution in [-0.2, 0) is 0 Å². The predicted octanol–water partition coefficient (Wildman–Crippen LogP) is 2.38. The first kappa shape index (κ1) is 9.93. The number of benzene rings is 1. The summed E-state index contributed by atoms with van der Waals surface area (Å²) in [6.45, 7) is 0. The highest BCUT2D eigenvalue weighted by molar-refractivity contribution is 7.05. The number of hydrogen-bond acceptors (Lipinski definition) is 4. The van der Waals surface area contributed by atoms with Gasteiger partial charge in [-0.25, -0.2) is 0 Å². The van der Waals surface area contributed by atoms with Gasteiger partial charge in [-0.15, -0.1) is 5.10 Å². The zero-order chi connectivity index (χ0) is 11.0. The van der Waals surface area contributed by atoms with Crippen molar-refractivity contribution in [3.05, 3.63) is 47.0 Å². The summed E-state index contributed by atoms with van der Waals surface area (Å²) in [5.74, 6) is 0.836. The number of aliphatic hydroxyl groups is 1. The lowest BCUT2D eigenvalue weighted by Crippen LogP contribution is -1.98. The Morgan fingerprint density at radius 2 is 2.12 bits per heavy atom. The van der Waals surface area contributed by atoms with Gasteiger partial charge in [0, 0.05) is 0 Å². The number of aromatic nitrogens is 2. The van der Waals surface area contributed by atoms with Crippen LogP contribution in [0.5, 0.6) is 0 Å². The predicted molar refractivity (Wildman–Crippen MR) is 62.2 cm³/mol. The Morgan fingerprint density at radius 3 is 2.81 bits per heavy atom. The molecule has 1 heterocycles. The molecule has 0 amide bonds. The SMILES string of the molecule is OC(c1cnns1)C1CC1c1ccccc1. The average Bonchev–Trinajstić information content (AvgIpc) is 2.95. The second-order valence-electron chi connectivity index (χ2n) is 4.18. The fourth-order valence-electron chi connectivity index (χ4n) is 2.16. The third kappa shape index (κ3) is 1.74. The van der Waals surface area contributed by atoms with Crippen molar-refractivity contribution in [3.63, 3.8) is 0 Å². The summed E-state index contributed by atoms with van der Waals surface area (Å²) in [6, 6.07) is 10.4. The molecule has 0 spiro atoms. The molecule has 16 heavy (non-hydrogen) atoms. The van der Waals surface area contributed by atoms with Crippen LogP contribution in [0.25, 0.3) is 0 Å². The molecule has 1 aromatic carbocycles. The lowest BCUT2D eigenvalue weighted by molar-refractivity contribution is 0.155. The van der Waals surface area contributed by atoms with Crippen molar-refractivity contribution in [1.29, 1.82) is 0 Å². The van der Waals surface area contributed by atoms with Crippen molar-refractivity contribution in [2.45, 2.75) is 18.4 Å². The third-order valence-electron chi connectivity index (χ3n) is 3.14. The highest BCUT2D eigenvalue weighted by Crippen LogP contribution is 2.54. The highest BCUT2D eigenvalue weighted by atomic mass is 32.1. The third-order valence-corrected chi connectivity index (χ3v) is 3.88. The van der Waals surface area contributed by atoms with Crippen LogP contribution in [0.15, 0.2) is 36.5 Å². The monoisotopic (exact) mass is 232 g/mol. The number of aliphatic hydroxyl groups excluding tert-OH is 1. The maximum Gasteiger partial charge on any atom is 0.0948 e. The molecule has 0 bridgehead atoms. The van der Waals surface area contributed by atoms with Gasteiger partial charge in [-0.2, -0.15) is 0 Å². The van der Waals surface area contributed by atoms with Crippen molar-refractivity contribution < 1.29 is 5.11 Å². The standard InChI is InChI=1S/C12H12N2OS/c15-12(11-7-13-14-16-11)10-6-9(10)8-4-2-1-3-5-8/h1-5,7,9-10,12,15H,6H2. The van der Waals surface area contributed by atoms with Gasteiger partial charge in [-0.05, 0) is 35.4 Å². The van der Waals surface area contributed by atoms with Gasteiger partial charge in [0.2, 0.25) is 0 Å². The van der Waals surface area contributed by atoms with E-state index in [1.807, 2.05) is 18.2 Å². The van der Waals surface area contributed by atoms with Gasteiger partial charge < -0.3 is 5.11 Å². The van der Waals surface area contributed by atoms with Crippen molar-refractivity contribution in [2.24, 2.45) is 5.92 Å². The fraction of sp³-hybridized carbons (Fsp3) is 0.333. The lowest BCUT2D eigenvalue weighted by atomic mass is 10.1.